The fourth-order valence-corrected chi connectivity index (χ4v) is 3.53. The summed E-state index contributed by atoms with van der Waals surface area (Å²) in [6, 6.07) is 3.79. The molecule has 2 fully saturated rings. The minimum atomic E-state index is -2.53. The van der Waals surface area contributed by atoms with Crippen LogP contribution in [-0.2, 0) is 0 Å². The van der Waals surface area contributed by atoms with Gasteiger partial charge in [0.25, 0.3) is 6.43 Å². The van der Waals surface area contributed by atoms with Gasteiger partial charge >= 0.3 is 0 Å². The standard InChI is InChI=1S/C19H21F2N7O.C2H6/c20-16(21)10-29-15-7-17-24-9-14(28(17)27-18(15)11-1-2-11)13-4-6-23-19(26-13)25-12-3-5-22-8-12;1-2/h4,6-7,9,11-12,16,22H,1-3,5,8,10H2,(H,23,25,26);1-2H3. The predicted molar refractivity (Wildman–Crippen MR) is 114 cm³/mol. The second kappa shape index (κ2) is 9.51. The van der Waals surface area contributed by atoms with Crippen LogP contribution in [0.25, 0.3) is 17.0 Å². The van der Waals surface area contributed by atoms with Crippen molar-refractivity contribution in [2.24, 2.45) is 0 Å². The Kier molecular flexibility index (Phi) is 6.55. The molecule has 4 heterocycles. The maximum atomic E-state index is 12.6. The molecule has 3 aromatic rings. The number of rotatable bonds is 7. The van der Waals surface area contributed by atoms with Crippen molar-refractivity contribution >= 4 is 11.6 Å². The van der Waals surface area contributed by atoms with Crippen LogP contribution in [0.1, 0.15) is 44.7 Å². The highest BCUT2D eigenvalue weighted by molar-refractivity contribution is 5.61. The van der Waals surface area contributed by atoms with Crippen LogP contribution in [0, 0.1) is 0 Å². The molecule has 166 valence electrons. The van der Waals surface area contributed by atoms with Gasteiger partial charge in [-0.1, -0.05) is 13.8 Å². The molecule has 1 unspecified atom stereocenters. The first-order valence-electron chi connectivity index (χ1n) is 10.8. The molecule has 0 amide bonds. The summed E-state index contributed by atoms with van der Waals surface area (Å²) in [6.45, 7) is 5.22. The van der Waals surface area contributed by atoms with Crippen molar-refractivity contribution in [3.63, 3.8) is 0 Å². The lowest BCUT2D eigenvalue weighted by Crippen LogP contribution is -2.23. The zero-order valence-corrected chi connectivity index (χ0v) is 17.7. The lowest BCUT2D eigenvalue weighted by atomic mass is 10.2. The van der Waals surface area contributed by atoms with E-state index in [1.54, 1.807) is 29.0 Å². The summed E-state index contributed by atoms with van der Waals surface area (Å²) in [6.07, 6.45) is 3.83. The third-order valence-corrected chi connectivity index (χ3v) is 5.13. The quantitative estimate of drug-likeness (QED) is 0.592. The fourth-order valence-electron chi connectivity index (χ4n) is 3.53. The predicted octanol–water partition coefficient (Wildman–Crippen LogP) is 3.51. The molecule has 0 aromatic carbocycles. The summed E-state index contributed by atoms with van der Waals surface area (Å²) in [5, 5.41) is 11.3. The Bertz CT molecular complexity index is 1020. The Labute approximate surface area is 179 Å². The third-order valence-electron chi connectivity index (χ3n) is 5.13. The topological polar surface area (TPSA) is 89.3 Å². The first-order valence-corrected chi connectivity index (χ1v) is 10.8. The van der Waals surface area contributed by atoms with Crippen LogP contribution in [0.5, 0.6) is 5.75 Å². The molecule has 0 spiro atoms. The number of nitrogens with zero attached hydrogens (tertiary/aromatic N) is 5. The summed E-state index contributed by atoms with van der Waals surface area (Å²) in [5.74, 6) is 1.18. The maximum absolute atomic E-state index is 12.6. The molecule has 8 nitrogen and oxygen atoms in total. The number of nitrogens with one attached hydrogen (secondary N) is 2. The zero-order valence-electron chi connectivity index (χ0n) is 17.7. The number of hydrogen-bond donors (Lipinski definition) is 2. The van der Waals surface area contributed by atoms with Crippen LogP contribution in [0.15, 0.2) is 24.5 Å². The molecular formula is C21H27F2N7O. The van der Waals surface area contributed by atoms with Crippen molar-refractivity contribution in [1.29, 1.82) is 0 Å². The Hall–Kier alpha value is -2.88. The van der Waals surface area contributed by atoms with Crippen LogP contribution in [0.4, 0.5) is 14.7 Å². The average molecular weight is 431 g/mol. The molecule has 1 aliphatic carbocycles. The molecule has 2 aliphatic rings. The molecule has 0 bridgehead atoms. The van der Waals surface area contributed by atoms with Gasteiger partial charge in [0.05, 0.1) is 11.9 Å². The highest BCUT2D eigenvalue weighted by Crippen LogP contribution is 2.43. The van der Waals surface area contributed by atoms with E-state index in [0.717, 1.165) is 38.0 Å². The number of ether oxygens (including phenoxy) is 1. The van der Waals surface area contributed by atoms with Gasteiger partial charge in [-0.05, 0) is 31.9 Å². The van der Waals surface area contributed by atoms with Crippen LogP contribution < -0.4 is 15.4 Å². The summed E-state index contributed by atoms with van der Waals surface area (Å²) in [4.78, 5) is 13.3. The minimum Gasteiger partial charge on any atom is -0.485 e. The van der Waals surface area contributed by atoms with E-state index >= 15 is 0 Å². The second-order valence-corrected chi connectivity index (χ2v) is 7.38. The van der Waals surface area contributed by atoms with Gasteiger partial charge < -0.3 is 15.4 Å². The van der Waals surface area contributed by atoms with Crippen molar-refractivity contribution in [1.82, 2.24) is 29.9 Å². The van der Waals surface area contributed by atoms with E-state index in [9.17, 15) is 8.78 Å². The van der Waals surface area contributed by atoms with Crippen molar-refractivity contribution in [2.75, 3.05) is 25.0 Å². The molecule has 2 N–H and O–H groups in total. The lowest BCUT2D eigenvalue weighted by Gasteiger charge is -2.12. The number of anilines is 1. The van der Waals surface area contributed by atoms with Crippen LogP contribution in [-0.4, -0.2) is 56.7 Å². The van der Waals surface area contributed by atoms with Gasteiger partial charge in [0, 0.05) is 30.8 Å². The van der Waals surface area contributed by atoms with Gasteiger partial charge in [-0.3, -0.25) is 0 Å². The van der Waals surface area contributed by atoms with Gasteiger partial charge in [-0.15, -0.1) is 0 Å². The van der Waals surface area contributed by atoms with Crippen molar-refractivity contribution < 1.29 is 13.5 Å². The van der Waals surface area contributed by atoms with Crippen molar-refractivity contribution in [2.45, 2.75) is 51.5 Å². The Morgan fingerprint density at radius 1 is 1.26 bits per heavy atom. The molecule has 5 rings (SSSR count). The van der Waals surface area contributed by atoms with Crippen molar-refractivity contribution in [3.8, 4) is 17.1 Å². The molecule has 1 saturated heterocycles. The molecule has 1 aliphatic heterocycles. The number of halogens is 2. The van der Waals surface area contributed by atoms with E-state index in [0.29, 0.717) is 34.8 Å². The Morgan fingerprint density at radius 3 is 2.81 bits per heavy atom. The van der Waals surface area contributed by atoms with Gasteiger partial charge in [0.15, 0.2) is 5.65 Å². The maximum Gasteiger partial charge on any atom is 0.272 e. The van der Waals surface area contributed by atoms with E-state index in [4.69, 9.17) is 4.74 Å². The summed E-state index contributed by atoms with van der Waals surface area (Å²) in [7, 11) is 0. The van der Waals surface area contributed by atoms with Gasteiger partial charge in [0.1, 0.15) is 23.7 Å². The molecule has 0 radical (unpaired) electrons. The SMILES string of the molecule is CC.FC(F)COc1cc2ncc(-c3ccnc(NC4CCNC4)n3)n2nc1C1CC1. The number of aromatic nitrogens is 5. The lowest BCUT2D eigenvalue weighted by molar-refractivity contribution is 0.0811. The highest BCUT2D eigenvalue weighted by Gasteiger charge is 2.30. The van der Waals surface area contributed by atoms with Gasteiger partial charge in [-0.2, -0.15) is 5.10 Å². The Morgan fingerprint density at radius 2 is 2.10 bits per heavy atom. The van der Waals surface area contributed by atoms with E-state index in [1.165, 1.54) is 0 Å². The van der Waals surface area contributed by atoms with Gasteiger partial charge in [0.2, 0.25) is 5.95 Å². The average Bonchev–Trinajstić information content (AvgIpc) is 3.35. The fraction of sp³-hybridized carbons (Fsp3) is 0.524. The summed E-state index contributed by atoms with van der Waals surface area (Å²) >= 11 is 0. The first-order chi connectivity index (χ1) is 15.2. The molecule has 1 atom stereocenters. The number of alkyl halides is 2. The summed E-state index contributed by atoms with van der Waals surface area (Å²) < 4.78 is 32.2. The van der Waals surface area contributed by atoms with Crippen LogP contribution >= 0.6 is 0 Å². The monoisotopic (exact) mass is 431 g/mol. The van der Waals surface area contributed by atoms with Crippen LogP contribution in [0.3, 0.4) is 0 Å². The largest absolute Gasteiger partial charge is 0.485 e. The second-order valence-electron chi connectivity index (χ2n) is 7.38. The van der Waals surface area contributed by atoms with E-state index in [2.05, 4.69) is 30.7 Å². The Balaban J connectivity index is 0.00000112. The molecule has 1 saturated carbocycles. The van der Waals surface area contributed by atoms with Gasteiger partial charge in [-0.25, -0.2) is 28.2 Å². The molecular weight excluding hydrogens is 404 g/mol. The minimum absolute atomic E-state index is 0.236. The third kappa shape index (κ3) is 4.90. The van der Waals surface area contributed by atoms with E-state index in [1.807, 2.05) is 13.8 Å². The van der Waals surface area contributed by atoms with E-state index < -0.39 is 13.0 Å². The number of hydrogen-bond acceptors (Lipinski definition) is 7. The number of fused-ring (bicyclic) bond motifs is 1. The molecule has 31 heavy (non-hydrogen) atoms. The van der Waals surface area contributed by atoms with E-state index in [-0.39, 0.29) is 5.92 Å². The number of imidazole rings is 1. The summed E-state index contributed by atoms with van der Waals surface area (Å²) in [5.41, 5.74) is 2.64. The highest BCUT2D eigenvalue weighted by atomic mass is 19.3. The zero-order chi connectivity index (χ0) is 21.8. The smallest absolute Gasteiger partial charge is 0.272 e. The normalized spacial score (nSPS) is 18.2. The van der Waals surface area contributed by atoms with Crippen molar-refractivity contribution in [3.05, 3.63) is 30.2 Å². The van der Waals surface area contributed by atoms with Crippen LogP contribution in [0.2, 0.25) is 0 Å². The first kappa shape index (κ1) is 21.4. The molecule has 10 heteroatoms. The molecule has 3 aromatic heterocycles.